The largest absolute Gasteiger partial charge is 0.495 e. The highest BCUT2D eigenvalue weighted by atomic mass is 32.2. The van der Waals surface area contributed by atoms with Crippen LogP contribution in [0.5, 0.6) is 5.75 Å². The number of rotatable bonds is 6. The standard InChI is InChI=1S/C12H20N2O3S2/c1-8-5-11(17-3)12(6-10(8)13)19(15,16)14-9(2)7-18-4/h5-6,9,14H,7,13H2,1-4H3. The maximum atomic E-state index is 12.3. The van der Waals surface area contributed by atoms with Gasteiger partial charge >= 0.3 is 0 Å². The highest BCUT2D eigenvalue weighted by Crippen LogP contribution is 2.28. The summed E-state index contributed by atoms with van der Waals surface area (Å²) in [6.45, 7) is 3.62. The summed E-state index contributed by atoms with van der Waals surface area (Å²) in [6, 6.07) is 2.90. The summed E-state index contributed by atoms with van der Waals surface area (Å²) >= 11 is 1.58. The van der Waals surface area contributed by atoms with Gasteiger partial charge in [-0.15, -0.1) is 0 Å². The second-order valence-corrected chi connectivity index (χ2v) is 6.93. The van der Waals surface area contributed by atoms with Crippen LogP contribution in [0.15, 0.2) is 17.0 Å². The van der Waals surface area contributed by atoms with E-state index in [1.165, 1.54) is 13.2 Å². The first-order valence-electron chi connectivity index (χ1n) is 5.77. The highest BCUT2D eigenvalue weighted by molar-refractivity contribution is 7.98. The summed E-state index contributed by atoms with van der Waals surface area (Å²) in [5.41, 5.74) is 6.99. The molecular weight excluding hydrogens is 284 g/mol. The Labute approximate surface area is 119 Å². The van der Waals surface area contributed by atoms with Crippen LogP contribution in [-0.2, 0) is 10.0 Å². The van der Waals surface area contributed by atoms with E-state index in [1.807, 2.05) is 13.2 Å². The van der Waals surface area contributed by atoms with Gasteiger partial charge in [-0.05, 0) is 37.8 Å². The Morgan fingerprint density at radius 3 is 2.63 bits per heavy atom. The van der Waals surface area contributed by atoms with Crippen molar-refractivity contribution in [3.05, 3.63) is 17.7 Å². The van der Waals surface area contributed by atoms with Crippen LogP contribution in [0.2, 0.25) is 0 Å². The lowest BCUT2D eigenvalue weighted by molar-refractivity contribution is 0.402. The fourth-order valence-corrected chi connectivity index (χ4v) is 3.78. The Morgan fingerprint density at radius 2 is 2.11 bits per heavy atom. The predicted octanol–water partition coefficient (Wildman–Crippen LogP) is 1.62. The summed E-state index contributed by atoms with van der Waals surface area (Å²) < 4.78 is 32.3. The summed E-state index contributed by atoms with van der Waals surface area (Å²) in [4.78, 5) is 0.0750. The van der Waals surface area contributed by atoms with E-state index in [9.17, 15) is 8.42 Å². The summed E-state index contributed by atoms with van der Waals surface area (Å²) in [5.74, 6) is 0.999. The zero-order valence-corrected chi connectivity index (χ0v) is 13.2. The van der Waals surface area contributed by atoms with E-state index in [0.717, 1.165) is 5.56 Å². The van der Waals surface area contributed by atoms with Crippen molar-refractivity contribution in [3.63, 3.8) is 0 Å². The zero-order chi connectivity index (χ0) is 14.6. The minimum Gasteiger partial charge on any atom is -0.495 e. The minimum absolute atomic E-state index is 0.0750. The van der Waals surface area contributed by atoms with E-state index >= 15 is 0 Å². The van der Waals surface area contributed by atoms with Gasteiger partial charge in [-0.25, -0.2) is 13.1 Å². The summed E-state index contributed by atoms with van der Waals surface area (Å²) in [6.07, 6.45) is 1.93. The average Bonchev–Trinajstić information content (AvgIpc) is 2.31. The first kappa shape index (κ1) is 16.1. The number of ether oxygens (including phenoxy) is 1. The van der Waals surface area contributed by atoms with Gasteiger partial charge in [0, 0.05) is 17.5 Å². The molecule has 0 fully saturated rings. The third-order valence-electron chi connectivity index (χ3n) is 2.61. The SMILES string of the molecule is COc1cc(C)c(N)cc1S(=O)(=O)NC(C)CSC. The van der Waals surface area contributed by atoms with Crippen molar-refractivity contribution in [1.29, 1.82) is 0 Å². The highest BCUT2D eigenvalue weighted by Gasteiger charge is 2.22. The van der Waals surface area contributed by atoms with E-state index < -0.39 is 10.0 Å². The predicted molar refractivity (Wildman–Crippen MR) is 80.3 cm³/mol. The molecule has 1 rings (SSSR count). The molecule has 7 heteroatoms. The van der Waals surface area contributed by atoms with Gasteiger partial charge < -0.3 is 10.5 Å². The Balaban J connectivity index is 3.17. The second kappa shape index (κ2) is 6.49. The lowest BCUT2D eigenvalue weighted by Crippen LogP contribution is -2.34. The molecule has 1 aromatic rings. The molecule has 1 atom stereocenters. The van der Waals surface area contributed by atoms with Crippen LogP contribution in [0.25, 0.3) is 0 Å². The number of aryl methyl sites for hydroxylation is 1. The molecule has 0 aromatic heterocycles. The van der Waals surface area contributed by atoms with Crippen molar-refractivity contribution in [2.75, 3.05) is 24.9 Å². The normalized spacial score (nSPS) is 13.3. The molecule has 1 unspecified atom stereocenters. The number of nitrogens with one attached hydrogen (secondary N) is 1. The molecule has 108 valence electrons. The molecule has 3 N–H and O–H groups in total. The molecule has 19 heavy (non-hydrogen) atoms. The Hall–Kier alpha value is -0.920. The van der Waals surface area contributed by atoms with E-state index in [2.05, 4.69) is 4.72 Å². The van der Waals surface area contributed by atoms with E-state index in [0.29, 0.717) is 17.2 Å². The van der Waals surface area contributed by atoms with Crippen LogP contribution >= 0.6 is 11.8 Å². The summed E-state index contributed by atoms with van der Waals surface area (Å²) in [5, 5.41) is 0. The fraction of sp³-hybridized carbons (Fsp3) is 0.500. The van der Waals surface area contributed by atoms with E-state index in [-0.39, 0.29) is 10.9 Å². The first-order chi connectivity index (χ1) is 8.81. The lowest BCUT2D eigenvalue weighted by Gasteiger charge is -2.16. The van der Waals surface area contributed by atoms with Crippen molar-refractivity contribution >= 4 is 27.5 Å². The van der Waals surface area contributed by atoms with Gasteiger partial charge in [0.05, 0.1) is 7.11 Å². The Morgan fingerprint density at radius 1 is 1.47 bits per heavy atom. The molecule has 0 saturated carbocycles. The topological polar surface area (TPSA) is 81.4 Å². The molecule has 0 saturated heterocycles. The number of sulfonamides is 1. The van der Waals surface area contributed by atoms with E-state index in [1.54, 1.807) is 24.8 Å². The number of benzene rings is 1. The number of thioether (sulfide) groups is 1. The van der Waals surface area contributed by atoms with Crippen LogP contribution in [0.1, 0.15) is 12.5 Å². The van der Waals surface area contributed by atoms with Crippen molar-refractivity contribution in [2.24, 2.45) is 0 Å². The van der Waals surface area contributed by atoms with Gasteiger partial charge in [-0.1, -0.05) is 0 Å². The molecule has 0 aliphatic rings. The number of hydrogen-bond acceptors (Lipinski definition) is 5. The van der Waals surface area contributed by atoms with E-state index in [4.69, 9.17) is 10.5 Å². The van der Waals surface area contributed by atoms with Crippen LogP contribution < -0.4 is 15.2 Å². The average molecular weight is 304 g/mol. The molecule has 5 nitrogen and oxygen atoms in total. The van der Waals surface area contributed by atoms with Crippen molar-refractivity contribution < 1.29 is 13.2 Å². The van der Waals surface area contributed by atoms with Crippen molar-refractivity contribution in [1.82, 2.24) is 4.72 Å². The molecule has 0 aliphatic carbocycles. The minimum atomic E-state index is -3.63. The molecule has 1 aromatic carbocycles. The molecule has 0 amide bonds. The Kier molecular flexibility index (Phi) is 5.51. The number of methoxy groups -OCH3 is 1. The van der Waals surface area contributed by atoms with Gasteiger partial charge in [-0.3, -0.25) is 0 Å². The van der Waals surface area contributed by atoms with Gasteiger partial charge in [0.15, 0.2) is 0 Å². The Bertz CT molecular complexity index is 544. The van der Waals surface area contributed by atoms with Gasteiger partial charge in [0.25, 0.3) is 0 Å². The smallest absolute Gasteiger partial charge is 0.244 e. The fourth-order valence-electron chi connectivity index (χ4n) is 1.66. The number of hydrogen-bond donors (Lipinski definition) is 2. The molecular formula is C12H20N2O3S2. The van der Waals surface area contributed by atoms with Gasteiger partial charge in [0.2, 0.25) is 10.0 Å². The summed E-state index contributed by atoms with van der Waals surface area (Å²) in [7, 11) is -2.19. The third-order valence-corrected chi connectivity index (χ3v) is 5.06. The van der Waals surface area contributed by atoms with Crippen LogP contribution in [-0.4, -0.2) is 33.6 Å². The first-order valence-corrected chi connectivity index (χ1v) is 8.65. The zero-order valence-electron chi connectivity index (χ0n) is 11.6. The molecule has 0 heterocycles. The van der Waals surface area contributed by atoms with Crippen LogP contribution in [0.3, 0.4) is 0 Å². The quantitative estimate of drug-likeness (QED) is 0.780. The van der Waals surface area contributed by atoms with Crippen LogP contribution in [0.4, 0.5) is 5.69 Å². The number of nitrogens with two attached hydrogens (primary N) is 1. The molecule has 0 radical (unpaired) electrons. The lowest BCUT2D eigenvalue weighted by atomic mass is 10.2. The molecule has 0 bridgehead atoms. The van der Waals surface area contributed by atoms with Crippen molar-refractivity contribution in [2.45, 2.75) is 24.8 Å². The number of nitrogen functional groups attached to an aromatic ring is 1. The molecule has 0 spiro atoms. The maximum Gasteiger partial charge on any atom is 0.244 e. The van der Waals surface area contributed by atoms with Crippen molar-refractivity contribution in [3.8, 4) is 5.75 Å². The van der Waals surface area contributed by atoms with Gasteiger partial charge in [0.1, 0.15) is 10.6 Å². The molecule has 0 aliphatic heterocycles. The number of anilines is 1. The third kappa shape index (κ3) is 4.02. The second-order valence-electron chi connectivity index (χ2n) is 4.34. The monoisotopic (exact) mass is 304 g/mol. The van der Waals surface area contributed by atoms with Gasteiger partial charge in [-0.2, -0.15) is 11.8 Å². The van der Waals surface area contributed by atoms with Crippen LogP contribution in [0, 0.1) is 6.92 Å². The maximum absolute atomic E-state index is 12.3.